The van der Waals surface area contributed by atoms with Gasteiger partial charge in [0.2, 0.25) is 11.9 Å². The first kappa shape index (κ1) is 17.2. The molecule has 0 aliphatic carbocycles. The molecule has 0 radical (unpaired) electrons. The highest BCUT2D eigenvalue weighted by atomic mass is 16.2. The van der Waals surface area contributed by atoms with Crippen molar-refractivity contribution in [3.8, 4) is 0 Å². The largest absolute Gasteiger partial charge is 0.354 e. The highest BCUT2D eigenvalue weighted by Crippen LogP contribution is 2.21. The van der Waals surface area contributed by atoms with Gasteiger partial charge in [-0.05, 0) is 31.5 Å². The Bertz CT molecular complexity index is 817. The molecule has 0 saturated carbocycles. The van der Waals surface area contributed by atoms with Crippen molar-refractivity contribution in [1.82, 2.24) is 20.2 Å². The first-order valence-corrected chi connectivity index (χ1v) is 8.39. The van der Waals surface area contributed by atoms with Gasteiger partial charge in [-0.3, -0.25) is 19.5 Å². The second-order valence-corrected chi connectivity index (χ2v) is 6.36. The zero-order chi connectivity index (χ0) is 17.8. The summed E-state index contributed by atoms with van der Waals surface area (Å²) < 4.78 is 0. The molecular formula is C18H23N5O2. The quantitative estimate of drug-likeness (QED) is 0.695. The number of fused-ring (bicyclic) bond motifs is 1. The van der Waals surface area contributed by atoms with Gasteiger partial charge in [0.15, 0.2) is 0 Å². The van der Waals surface area contributed by atoms with Crippen molar-refractivity contribution in [2.45, 2.75) is 25.9 Å². The number of hydrogen-bond acceptors (Lipinski definition) is 5. The Morgan fingerprint density at radius 1 is 1.32 bits per heavy atom. The molecule has 0 bridgehead atoms. The lowest BCUT2D eigenvalue weighted by molar-refractivity contribution is -0.126. The van der Waals surface area contributed by atoms with Crippen molar-refractivity contribution in [3.05, 3.63) is 57.5 Å². The number of carbonyl (C=O) groups is 1. The molecule has 3 rings (SSSR count). The summed E-state index contributed by atoms with van der Waals surface area (Å²) in [6.07, 6.45) is 0.721. The molecule has 7 heteroatoms. The van der Waals surface area contributed by atoms with Crippen molar-refractivity contribution in [2.24, 2.45) is 0 Å². The lowest BCUT2D eigenvalue weighted by Gasteiger charge is -2.33. The molecule has 2 heterocycles. The fraction of sp³-hybridized carbons (Fsp3) is 0.389. The number of likely N-dealkylation sites (N-methyl/N-ethyl adjacent to an activating group) is 1. The fourth-order valence-electron chi connectivity index (χ4n) is 3.09. The van der Waals surface area contributed by atoms with Crippen molar-refractivity contribution in [1.29, 1.82) is 0 Å². The van der Waals surface area contributed by atoms with E-state index in [1.54, 1.807) is 6.92 Å². The third-order valence-corrected chi connectivity index (χ3v) is 4.37. The summed E-state index contributed by atoms with van der Waals surface area (Å²) in [7, 11) is 1.97. The summed E-state index contributed by atoms with van der Waals surface area (Å²) in [6, 6.07) is 9.51. The molecule has 1 aliphatic rings. The minimum absolute atomic E-state index is 0.0181. The first-order chi connectivity index (χ1) is 12.0. The Kier molecular flexibility index (Phi) is 5.14. The number of aromatic amines is 1. The molecule has 1 aromatic heterocycles. The van der Waals surface area contributed by atoms with E-state index in [1.165, 1.54) is 17.2 Å². The Hall–Kier alpha value is -2.67. The van der Waals surface area contributed by atoms with Gasteiger partial charge in [-0.2, -0.15) is 0 Å². The third kappa shape index (κ3) is 4.24. The van der Waals surface area contributed by atoms with Crippen LogP contribution in [0.3, 0.4) is 0 Å². The SMILES string of the molecule is Cc1cc(=O)[nH]c(NCCNC(=O)C2Cc3ccccc3CN2C)n1. The first-order valence-electron chi connectivity index (χ1n) is 8.39. The maximum absolute atomic E-state index is 12.5. The number of benzene rings is 1. The van der Waals surface area contributed by atoms with Crippen LogP contribution in [0.2, 0.25) is 0 Å². The molecule has 0 fully saturated rings. The van der Waals surface area contributed by atoms with Crippen LogP contribution in [-0.4, -0.2) is 47.0 Å². The van der Waals surface area contributed by atoms with Crippen LogP contribution in [-0.2, 0) is 17.8 Å². The minimum atomic E-state index is -0.193. The van der Waals surface area contributed by atoms with Gasteiger partial charge in [0, 0.05) is 31.4 Å². The van der Waals surface area contributed by atoms with Crippen molar-refractivity contribution < 1.29 is 4.79 Å². The molecule has 0 saturated heterocycles. The van der Waals surface area contributed by atoms with E-state index in [-0.39, 0.29) is 17.5 Å². The third-order valence-electron chi connectivity index (χ3n) is 4.37. The average molecular weight is 341 g/mol. The van der Waals surface area contributed by atoms with Crippen LogP contribution in [0, 0.1) is 6.92 Å². The molecule has 1 aliphatic heterocycles. The Balaban J connectivity index is 1.50. The number of aryl methyl sites for hydroxylation is 1. The predicted molar refractivity (Wildman–Crippen MR) is 96.5 cm³/mol. The van der Waals surface area contributed by atoms with Gasteiger partial charge in [0.05, 0.1) is 6.04 Å². The summed E-state index contributed by atoms with van der Waals surface area (Å²) in [4.78, 5) is 32.8. The van der Waals surface area contributed by atoms with Crippen LogP contribution in [0.1, 0.15) is 16.8 Å². The second-order valence-electron chi connectivity index (χ2n) is 6.36. The lowest BCUT2D eigenvalue weighted by atomic mass is 9.94. The Morgan fingerprint density at radius 2 is 2.08 bits per heavy atom. The van der Waals surface area contributed by atoms with E-state index in [1.807, 2.05) is 19.2 Å². The summed E-state index contributed by atoms with van der Waals surface area (Å²) in [5.41, 5.74) is 2.98. The smallest absolute Gasteiger partial charge is 0.252 e. The average Bonchev–Trinajstić information content (AvgIpc) is 2.57. The highest BCUT2D eigenvalue weighted by molar-refractivity contribution is 5.82. The summed E-state index contributed by atoms with van der Waals surface area (Å²) in [6.45, 7) is 3.49. The molecule has 1 aromatic carbocycles. The number of nitrogens with zero attached hydrogens (tertiary/aromatic N) is 2. The summed E-state index contributed by atoms with van der Waals surface area (Å²) in [5.74, 6) is 0.437. The van der Waals surface area contributed by atoms with Crippen molar-refractivity contribution >= 4 is 11.9 Å². The van der Waals surface area contributed by atoms with Gasteiger partial charge >= 0.3 is 0 Å². The standard InChI is InChI=1S/C18H23N5O2/c1-12-9-16(24)22-18(21-12)20-8-7-19-17(25)15-10-13-5-3-4-6-14(13)11-23(15)2/h3-6,9,15H,7-8,10-11H2,1-2H3,(H,19,25)(H2,20,21,22,24). The van der Waals surface area contributed by atoms with Gasteiger partial charge in [-0.1, -0.05) is 24.3 Å². The van der Waals surface area contributed by atoms with E-state index in [4.69, 9.17) is 0 Å². The molecule has 132 valence electrons. The van der Waals surface area contributed by atoms with Gasteiger partial charge < -0.3 is 10.6 Å². The van der Waals surface area contributed by atoms with Gasteiger partial charge in [-0.25, -0.2) is 4.98 Å². The number of hydrogen-bond donors (Lipinski definition) is 3. The lowest BCUT2D eigenvalue weighted by Crippen LogP contribution is -2.49. The second kappa shape index (κ2) is 7.48. The number of carbonyl (C=O) groups excluding carboxylic acids is 1. The normalized spacial score (nSPS) is 17.0. The van der Waals surface area contributed by atoms with Crippen LogP contribution in [0.4, 0.5) is 5.95 Å². The van der Waals surface area contributed by atoms with Crippen LogP contribution in [0.15, 0.2) is 35.1 Å². The number of anilines is 1. The topological polar surface area (TPSA) is 90.1 Å². The Morgan fingerprint density at radius 3 is 2.84 bits per heavy atom. The molecule has 1 unspecified atom stereocenters. The van der Waals surface area contributed by atoms with E-state index in [2.05, 4.69) is 37.6 Å². The number of nitrogens with one attached hydrogen (secondary N) is 3. The van der Waals surface area contributed by atoms with E-state index in [9.17, 15) is 9.59 Å². The monoisotopic (exact) mass is 341 g/mol. The minimum Gasteiger partial charge on any atom is -0.354 e. The van der Waals surface area contributed by atoms with Crippen LogP contribution in [0.5, 0.6) is 0 Å². The van der Waals surface area contributed by atoms with E-state index in [0.29, 0.717) is 24.7 Å². The van der Waals surface area contributed by atoms with Gasteiger partial charge in [-0.15, -0.1) is 0 Å². The van der Waals surface area contributed by atoms with Gasteiger partial charge in [0.1, 0.15) is 0 Å². The molecule has 1 amide bonds. The number of aromatic nitrogens is 2. The highest BCUT2D eigenvalue weighted by Gasteiger charge is 2.28. The molecule has 25 heavy (non-hydrogen) atoms. The number of H-pyrrole nitrogens is 1. The van der Waals surface area contributed by atoms with Crippen molar-refractivity contribution in [3.63, 3.8) is 0 Å². The molecule has 3 N–H and O–H groups in total. The van der Waals surface area contributed by atoms with E-state index < -0.39 is 0 Å². The summed E-state index contributed by atoms with van der Waals surface area (Å²) >= 11 is 0. The van der Waals surface area contributed by atoms with E-state index in [0.717, 1.165) is 13.0 Å². The van der Waals surface area contributed by atoms with E-state index >= 15 is 0 Å². The fourth-order valence-corrected chi connectivity index (χ4v) is 3.09. The zero-order valence-electron chi connectivity index (χ0n) is 14.5. The molecular weight excluding hydrogens is 318 g/mol. The maximum atomic E-state index is 12.5. The molecule has 1 atom stereocenters. The van der Waals surface area contributed by atoms with Crippen molar-refractivity contribution in [2.75, 3.05) is 25.5 Å². The predicted octanol–water partition coefficient (Wildman–Crippen LogP) is 0.663. The number of rotatable bonds is 5. The molecule has 0 spiro atoms. The summed E-state index contributed by atoms with van der Waals surface area (Å²) in [5, 5.41) is 5.97. The number of amides is 1. The molecule has 7 nitrogen and oxygen atoms in total. The maximum Gasteiger partial charge on any atom is 0.252 e. The Labute approximate surface area is 146 Å². The van der Waals surface area contributed by atoms with Gasteiger partial charge in [0.25, 0.3) is 5.56 Å². The van der Waals surface area contributed by atoms with Crippen LogP contribution < -0.4 is 16.2 Å². The van der Waals surface area contributed by atoms with Crippen LogP contribution >= 0.6 is 0 Å². The molecule has 2 aromatic rings. The zero-order valence-corrected chi connectivity index (χ0v) is 14.5. The van der Waals surface area contributed by atoms with Crippen LogP contribution in [0.25, 0.3) is 0 Å².